The van der Waals surface area contributed by atoms with Gasteiger partial charge in [0.05, 0.1) is 11.1 Å². The zero-order valence-corrected chi connectivity index (χ0v) is 16.8. The molecule has 2 aromatic heterocycles. The molecule has 0 unspecified atom stereocenters. The average molecular weight is 383 g/mol. The van der Waals surface area contributed by atoms with Gasteiger partial charge in [0, 0.05) is 10.6 Å². The van der Waals surface area contributed by atoms with E-state index >= 15 is 0 Å². The molecule has 5 heteroatoms. The molecule has 134 valence electrons. The molecule has 2 heterocycles. The van der Waals surface area contributed by atoms with E-state index in [1.54, 1.807) is 27.7 Å². The summed E-state index contributed by atoms with van der Waals surface area (Å²) in [7, 11) is 0. The number of thioether (sulfide) groups is 1. The predicted molar refractivity (Wildman–Crippen MR) is 112 cm³/mol. The Morgan fingerprint density at radius 2 is 2.15 bits per heavy atom. The van der Waals surface area contributed by atoms with Crippen LogP contribution in [0.4, 0.5) is 0 Å². The topological polar surface area (TPSA) is 34.9 Å². The maximum Gasteiger partial charge on any atom is 0.267 e. The highest BCUT2D eigenvalue weighted by Gasteiger charge is 2.22. The van der Waals surface area contributed by atoms with Crippen LogP contribution in [0, 0.1) is 6.92 Å². The molecule has 0 aliphatic heterocycles. The van der Waals surface area contributed by atoms with Crippen LogP contribution in [0.2, 0.25) is 0 Å². The zero-order valence-electron chi connectivity index (χ0n) is 15.2. The van der Waals surface area contributed by atoms with Gasteiger partial charge < -0.3 is 0 Å². The van der Waals surface area contributed by atoms with Crippen LogP contribution in [-0.4, -0.2) is 15.3 Å². The number of nitrogens with zero attached hydrogens (tertiary/aromatic N) is 2. The smallest absolute Gasteiger partial charge is 0.267 e. The summed E-state index contributed by atoms with van der Waals surface area (Å²) in [6.45, 7) is 8.04. The molecule has 3 aromatic rings. The molecule has 1 aliphatic rings. The van der Waals surface area contributed by atoms with Crippen LogP contribution in [0.1, 0.15) is 35.8 Å². The van der Waals surface area contributed by atoms with Gasteiger partial charge >= 0.3 is 0 Å². The minimum Gasteiger partial charge on any atom is -0.268 e. The maximum absolute atomic E-state index is 13.5. The summed E-state index contributed by atoms with van der Waals surface area (Å²) in [6, 6.07) is 8.09. The van der Waals surface area contributed by atoms with Crippen LogP contribution < -0.4 is 5.56 Å². The molecule has 0 saturated heterocycles. The fourth-order valence-electron chi connectivity index (χ4n) is 3.47. The van der Waals surface area contributed by atoms with E-state index in [2.05, 4.69) is 12.6 Å². The summed E-state index contributed by atoms with van der Waals surface area (Å²) in [5.41, 5.74) is 4.42. The summed E-state index contributed by atoms with van der Waals surface area (Å²) < 4.78 is 1.80. The molecule has 0 bridgehead atoms. The van der Waals surface area contributed by atoms with Crippen molar-refractivity contribution >= 4 is 33.3 Å². The number of hydrogen-bond donors (Lipinski definition) is 0. The lowest BCUT2D eigenvalue weighted by Gasteiger charge is -2.14. The monoisotopic (exact) mass is 382 g/mol. The fraction of sp³-hybridized carbons (Fsp3) is 0.333. The van der Waals surface area contributed by atoms with Crippen molar-refractivity contribution in [2.75, 3.05) is 5.75 Å². The van der Waals surface area contributed by atoms with E-state index in [1.165, 1.54) is 16.9 Å². The third-order valence-electron chi connectivity index (χ3n) is 4.67. The Labute approximate surface area is 161 Å². The normalized spacial score (nSPS) is 13.8. The van der Waals surface area contributed by atoms with Gasteiger partial charge in [-0.1, -0.05) is 36.0 Å². The second kappa shape index (κ2) is 7.05. The molecule has 1 aliphatic carbocycles. The summed E-state index contributed by atoms with van der Waals surface area (Å²) in [5, 5.41) is 1.60. The van der Waals surface area contributed by atoms with Gasteiger partial charge in [0.1, 0.15) is 4.83 Å². The Hall–Kier alpha value is -1.85. The van der Waals surface area contributed by atoms with Gasteiger partial charge in [-0.05, 0) is 62.8 Å². The number of aryl methyl sites for hydroxylation is 3. The Kier molecular flexibility index (Phi) is 4.76. The third-order valence-corrected chi connectivity index (χ3v) is 7.02. The van der Waals surface area contributed by atoms with Gasteiger partial charge in [0.25, 0.3) is 5.56 Å². The van der Waals surface area contributed by atoms with Gasteiger partial charge in [-0.25, -0.2) is 4.98 Å². The molecular formula is C21H22N2OS2. The molecule has 0 spiro atoms. The Morgan fingerprint density at radius 1 is 1.35 bits per heavy atom. The number of rotatable bonds is 4. The first-order valence-corrected chi connectivity index (χ1v) is 10.8. The lowest BCUT2D eigenvalue weighted by molar-refractivity contribution is 0.699. The van der Waals surface area contributed by atoms with Gasteiger partial charge in [-0.3, -0.25) is 9.36 Å². The highest BCUT2D eigenvalue weighted by Crippen LogP contribution is 2.35. The van der Waals surface area contributed by atoms with E-state index in [1.807, 2.05) is 32.0 Å². The standard InChI is InChI=1S/C21H22N2OS2/c1-13(2)12-25-21-22-19-18(16-9-4-5-10-17(16)26-19)20(24)23(21)15-8-6-7-14(3)11-15/h6-8,11H,1,4-5,9-10,12H2,2-3H3. The van der Waals surface area contributed by atoms with Gasteiger partial charge in [-0.15, -0.1) is 11.3 Å². The SMILES string of the molecule is C=C(C)CSc1nc2sc3c(c2c(=O)n1-c1cccc(C)c1)CCCC3. The molecule has 1 aromatic carbocycles. The van der Waals surface area contributed by atoms with E-state index in [9.17, 15) is 4.79 Å². The highest BCUT2D eigenvalue weighted by molar-refractivity contribution is 7.99. The highest BCUT2D eigenvalue weighted by atomic mass is 32.2. The van der Waals surface area contributed by atoms with E-state index in [0.29, 0.717) is 0 Å². The van der Waals surface area contributed by atoms with E-state index in [-0.39, 0.29) is 5.56 Å². The molecule has 0 amide bonds. The van der Waals surface area contributed by atoms with Gasteiger partial charge in [0.15, 0.2) is 5.16 Å². The Bertz CT molecular complexity index is 1060. The maximum atomic E-state index is 13.5. The minimum absolute atomic E-state index is 0.0733. The van der Waals surface area contributed by atoms with Crippen LogP contribution in [0.15, 0.2) is 46.4 Å². The van der Waals surface area contributed by atoms with Gasteiger partial charge in [0.2, 0.25) is 0 Å². The molecule has 26 heavy (non-hydrogen) atoms. The van der Waals surface area contributed by atoms with Crippen molar-refractivity contribution in [2.45, 2.75) is 44.7 Å². The second-order valence-electron chi connectivity index (χ2n) is 7.01. The molecule has 0 radical (unpaired) electrons. The second-order valence-corrected chi connectivity index (χ2v) is 9.04. The summed E-state index contributed by atoms with van der Waals surface area (Å²) in [6.07, 6.45) is 4.45. The largest absolute Gasteiger partial charge is 0.268 e. The minimum atomic E-state index is 0.0733. The van der Waals surface area contributed by atoms with Crippen molar-refractivity contribution in [2.24, 2.45) is 0 Å². The zero-order chi connectivity index (χ0) is 18.3. The Balaban J connectivity index is 1.99. The number of hydrogen-bond acceptors (Lipinski definition) is 4. The third kappa shape index (κ3) is 3.14. The molecule has 4 rings (SSSR count). The number of thiophene rings is 1. The fourth-order valence-corrected chi connectivity index (χ4v) is 5.62. The molecule has 0 fully saturated rings. The number of fused-ring (bicyclic) bond motifs is 3. The predicted octanol–water partition coefficient (Wildman–Crippen LogP) is 5.30. The first kappa shape index (κ1) is 17.6. The summed E-state index contributed by atoms with van der Waals surface area (Å²) >= 11 is 3.30. The van der Waals surface area contributed by atoms with E-state index in [0.717, 1.165) is 57.2 Å². The van der Waals surface area contributed by atoms with E-state index < -0.39 is 0 Å². The van der Waals surface area contributed by atoms with Crippen molar-refractivity contribution in [3.05, 3.63) is 62.8 Å². The lowest BCUT2D eigenvalue weighted by atomic mass is 9.97. The average Bonchev–Trinajstić information content (AvgIpc) is 2.98. The van der Waals surface area contributed by atoms with Gasteiger partial charge in [-0.2, -0.15) is 0 Å². The van der Waals surface area contributed by atoms with Crippen LogP contribution >= 0.6 is 23.1 Å². The van der Waals surface area contributed by atoms with Crippen molar-refractivity contribution in [3.8, 4) is 5.69 Å². The van der Waals surface area contributed by atoms with Crippen molar-refractivity contribution in [1.29, 1.82) is 0 Å². The molecule has 0 N–H and O–H groups in total. The summed E-state index contributed by atoms with van der Waals surface area (Å²) in [4.78, 5) is 20.7. The van der Waals surface area contributed by atoms with E-state index in [4.69, 9.17) is 4.98 Å². The van der Waals surface area contributed by atoms with Crippen LogP contribution in [0.3, 0.4) is 0 Å². The molecular weight excluding hydrogens is 360 g/mol. The van der Waals surface area contributed by atoms with Crippen LogP contribution in [0.5, 0.6) is 0 Å². The molecule has 0 saturated carbocycles. The number of aromatic nitrogens is 2. The molecule has 0 atom stereocenters. The van der Waals surface area contributed by atoms with Crippen LogP contribution in [-0.2, 0) is 12.8 Å². The Morgan fingerprint density at radius 3 is 2.92 bits per heavy atom. The van der Waals surface area contributed by atoms with Crippen molar-refractivity contribution in [3.63, 3.8) is 0 Å². The lowest BCUT2D eigenvalue weighted by Crippen LogP contribution is -2.22. The van der Waals surface area contributed by atoms with Crippen LogP contribution in [0.25, 0.3) is 15.9 Å². The van der Waals surface area contributed by atoms with Crippen molar-refractivity contribution < 1.29 is 0 Å². The quantitative estimate of drug-likeness (QED) is 0.349. The first-order valence-electron chi connectivity index (χ1n) is 8.96. The molecule has 3 nitrogen and oxygen atoms in total. The summed E-state index contributed by atoms with van der Waals surface area (Å²) in [5.74, 6) is 0.759. The number of benzene rings is 1. The first-order chi connectivity index (χ1) is 12.5. The van der Waals surface area contributed by atoms with Crippen molar-refractivity contribution in [1.82, 2.24) is 9.55 Å².